The SMILES string of the molecule is CC(=O)N1CC2c3ccccc3NC2CC1C(=O)N[C@@H](CCCN=C(N)N)C(=O)N[C@@H](Cc1ccc(O)cc1)C(N)=O. The molecule has 5 atom stereocenters. The number of aromatic hydroxyl groups is 1. The second kappa shape index (κ2) is 13.2. The Morgan fingerprint density at radius 2 is 1.76 bits per heavy atom. The topological polar surface area (TPSA) is 218 Å². The lowest BCUT2D eigenvalue weighted by molar-refractivity contribution is -0.142. The zero-order valence-corrected chi connectivity index (χ0v) is 23.5. The van der Waals surface area contributed by atoms with E-state index < -0.39 is 35.8 Å². The number of anilines is 1. The van der Waals surface area contributed by atoms with E-state index in [4.69, 9.17) is 17.2 Å². The number of hydrogen-bond acceptors (Lipinski definition) is 7. The van der Waals surface area contributed by atoms with Gasteiger partial charge in [0.15, 0.2) is 5.96 Å². The number of aliphatic imine (C=N–C) groups is 1. The fourth-order valence-corrected chi connectivity index (χ4v) is 5.62. The van der Waals surface area contributed by atoms with Crippen LogP contribution in [0.2, 0.25) is 0 Å². The number of phenols is 1. The Morgan fingerprint density at radius 3 is 2.43 bits per heavy atom. The number of carbonyl (C=O) groups excluding carboxylic acids is 4. The highest BCUT2D eigenvalue weighted by atomic mass is 16.3. The predicted octanol–water partition coefficient (Wildman–Crippen LogP) is -0.358. The van der Waals surface area contributed by atoms with E-state index in [1.165, 1.54) is 19.1 Å². The quantitative estimate of drug-likeness (QED) is 0.106. The van der Waals surface area contributed by atoms with Gasteiger partial charge in [0.25, 0.3) is 0 Å². The molecule has 4 rings (SSSR count). The Bertz CT molecular complexity index is 1340. The number of rotatable bonds is 11. The third-order valence-electron chi connectivity index (χ3n) is 7.76. The number of para-hydroxylation sites is 1. The van der Waals surface area contributed by atoms with E-state index in [2.05, 4.69) is 20.9 Å². The number of likely N-dealkylation sites (tertiary alicyclic amines) is 1. The Kier molecular flexibility index (Phi) is 9.50. The molecule has 10 N–H and O–H groups in total. The molecule has 3 unspecified atom stereocenters. The molecule has 2 aromatic carbocycles. The van der Waals surface area contributed by atoms with Crippen LogP contribution in [0.25, 0.3) is 0 Å². The highest BCUT2D eigenvalue weighted by Crippen LogP contribution is 2.41. The summed E-state index contributed by atoms with van der Waals surface area (Å²) in [7, 11) is 0. The zero-order valence-electron chi connectivity index (χ0n) is 23.5. The van der Waals surface area contributed by atoms with Crippen molar-refractivity contribution >= 4 is 35.3 Å². The summed E-state index contributed by atoms with van der Waals surface area (Å²) in [5.41, 5.74) is 19.2. The van der Waals surface area contributed by atoms with Gasteiger partial charge in [-0.1, -0.05) is 30.3 Å². The van der Waals surface area contributed by atoms with E-state index in [1.54, 1.807) is 17.0 Å². The number of amides is 4. The van der Waals surface area contributed by atoms with Crippen LogP contribution in [0.1, 0.15) is 43.2 Å². The first-order valence-corrected chi connectivity index (χ1v) is 13.9. The summed E-state index contributed by atoms with van der Waals surface area (Å²) in [4.78, 5) is 57.5. The molecule has 224 valence electrons. The van der Waals surface area contributed by atoms with Crippen LogP contribution < -0.4 is 33.2 Å². The molecule has 4 amide bonds. The number of primary amides is 1. The monoisotopic (exact) mass is 578 g/mol. The summed E-state index contributed by atoms with van der Waals surface area (Å²) in [6.07, 6.45) is 0.976. The number of nitrogens with zero attached hydrogens (tertiary/aromatic N) is 2. The molecule has 0 radical (unpaired) electrons. The Morgan fingerprint density at radius 1 is 1.05 bits per heavy atom. The minimum Gasteiger partial charge on any atom is -0.508 e. The maximum absolute atomic E-state index is 13.7. The highest BCUT2D eigenvalue weighted by Gasteiger charge is 2.45. The second-order valence-corrected chi connectivity index (χ2v) is 10.7. The van der Waals surface area contributed by atoms with Crippen molar-refractivity contribution in [2.75, 3.05) is 18.4 Å². The summed E-state index contributed by atoms with van der Waals surface area (Å²) in [5, 5.41) is 18.5. The number of benzene rings is 2. The van der Waals surface area contributed by atoms with Gasteiger partial charge in [-0.3, -0.25) is 24.2 Å². The molecule has 0 spiro atoms. The van der Waals surface area contributed by atoms with E-state index >= 15 is 0 Å². The van der Waals surface area contributed by atoms with E-state index in [0.717, 1.165) is 11.3 Å². The average molecular weight is 579 g/mol. The Balaban J connectivity index is 1.49. The first kappa shape index (κ1) is 30.2. The molecular weight excluding hydrogens is 540 g/mol. The van der Waals surface area contributed by atoms with Gasteiger partial charge in [0.05, 0.1) is 0 Å². The second-order valence-electron chi connectivity index (χ2n) is 10.7. The van der Waals surface area contributed by atoms with Gasteiger partial charge in [-0.15, -0.1) is 0 Å². The molecule has 13 nitrogen and oxygen atoms in total. The zero-order chi connectivity index (χ0) is 30.4. The molecular formula is C29H38N8O5. The summed E-state index contributed by atoms with van der Waals surface area (Å²) in [6, 6.07) is 11.1. The number of carbonyl (C=O) groups is 4. The number of nitrogens with two attached hydrogens (primary N) is 3. The van der Waals surface area contributed by atoms with Crippen LogP contribution in [-0.4, -0.2) is 76.9 Å². The Hall–Kier alpha value is -4.81. The van der Waals surface area contributed by atoms with Crippen LogP contribution >= 0.6 is 0 Å². The minimum atomic E-state index is -1.07. The molecule has 0 aromatic heterocycles. The van der Waals surface area contributed by atoms with Gasteiger partial charge < -0.3 is 43.2 Å². The smallest absolute Gasteiger partial charge is 0.243 e. The van der Waals surface area contributed by atoms with Gasteiger partial charge in [-0.2, -0.15) is 0 Å². The van der Waals surface area contributed by atoms with Gasteiger partial charge in [0.1, 0.15) is 23.9 Å². The molecule has 1 saturated heterocycles. The number of nitrogens with one attached hydrogen (secondary N) is 3. The summed E-state index contributed by atoms with van der Waals surface area (Å²) >= 11 is 0. The molecule has 0 saturated carbocycles. The van der Waals surface area contributed by atoms with Crippen LogP contribution in [-0.2, 0) is 25.6 Å². The number of guanidine groups is 1. The normalized spacial score (nSPS) is 20.2. The van der Waals surface area contributed by atoms with Crippen molar-refractivity contribution in [3.8, 4) is 5.75 Å². The van der Waals surface area contributed by atoms with Crippen molar-refractivity contribution in [2.45, 2.75) is 62.7 Å². The highest BCUT2D eigenvalue weighted by molar-refractivity contribution is 5.94. The maximum Gasteiger partial charge on any atom is 0.243 e. The number of fused-ring (bicyclic) bond motifs is 3. The average Bonchev–Trinajstić information content (AvgIpc) is 3.32. The molecule has 2 aromatic rings. The lowest BCUT2D eigenvalue weighted by atomic mass is 9.85. The van der Waals surface area contributed by atoms with Crippen molar-refractivity contribution in [2.24, 2.45) is 22.2 Å². The minimum absolute atomic E-state index is 0.0454. The predicted molar refractivity (Wildman–Crippen MR) is 157 cm³/mol. The summed E-state index contributed by atoms with van der Waals surface area (Å²) in [5.74, 6) is -2.06. The molecule has 2 heterocycles. The number of hydrogen-bond donors (Lipinski definition) is 7. The van der Waals surface area contributed by atoms with Gasteiger partial charge in [-0.25, -0.2) is 0 Å². The lowest BCUT2D eigenvalue weighted by Crippen LogP contribution is -2.60. The molecule has 13 heteroatoms. The van der Waals surface area contributed by atoms with E-state index in [0.29, 0.717) is 24.9 Å². The van der Waals surface area contributed by atoms with Crippen molar-refractivity contribution in [1.82, 2.24) is 15.5 Å². The maximum atomic E-state index is 13.7. The van der Waals surface area contributed by atoms with E-state index in [9.17, 15) is 24.3 Å². The lowest BCUT2D eigenvalue weighted by Gasteiger charge is -2.41. The van der Waals surface area contributed by atoms with Crippen molar-refractivity contribution < 1.29 is 24.3 Å². The number of phenolic OH excluding ortho intramolecular Hbond substituents is 1. The van der Waals surface area contributed by atoms with Crippen LogP contribution in [0.3, 0.4) is 0 Å². The van der Waals surface area contributed by atoms with Crippen LogP contribution in [0.15, 0.2) is 53.5 Å². The fraction of sp³-hybridized carbons (Fsp3) is 0.414. The fourth-order valence-electron chi connectivity index (χ4n) is 5.62. The molecule has 2 aliphatic rings. The van der Waals surface area contributed by atoms with E-state index in [1.807, 2.05) is 24.3 Å². The van der Waals surface area contributed by atoms with Crippen molar-refractivity contribution in [3.63, 3.8) is 0 Å². The van der Waals surface area contributed by atoms with Crippen LogP contribution in [0.4, 0.5) is 5.69 Å². The third-order valence-corrected chi connectivity index (χ3v) is 7.76. The first-order chi connectivity index (χ1) is 20.0. The van der Waals surface area contributed by atoms with Gasteiger partial charge in [-0.05, 0) is 48.6 Å². The summed E-state index contributed by atoms with van der Waals surface area (Å²) < 4.78 is 0. The number of piperidine rings is 1. The van der Waals surface area contributed by atoms with Crippen molar-refractivity contribution in [1.29, 1.82) is 0 Å². The first-order valence-electron chi connectivity index (χ1n) is 13.9. The van der Waals surface area contributed by atoms with Gasteiger partial charge in [0.2, 0.25) is 23.6 Å². The molecule has 42 heavy (non-hydrogen) atoms. The van der Waals surface area contributed by atoms with Crippen molar-refractivity contribution in [3.05, 3.63) is 59.7 Å². The Labute approximate surface area is 243 Å². The largest absolute Gasteiger partial charge is 0.508 e. The third kappa shape index (κ3) is 7.28. The molecule has 1 fully saturated rings. The van der Waals surface area contributed by atoms with Gasteiger partial charge in [0, 0.05) is 44.1 Å². The van der Waals surface area contributed by atoms with Crippen LogP contribution in [0, 0.1) is 0 Å². The standard InChI is InChI=1S/C29H38N8O5/c1-16(38)37-15-20-19-5-2-3-6-21(19)34-23(20)14-25(37)28(42)35-22(7-4-12-33-29(31)32)27(41)36-24(26(30)40)13-17-8-10-18(39)11-9-17/h2-3,5-6,8-11,20,22-25,34,39H,4,7,12-15H2,1H3,(H2,30,40)(H,35,42)(H,36,41)(H4,31,32,33)/t20?,22-,23?,24-,25?/m0/s1. The van der Waals surface area contributed by atoms with Gasteiger partial charge >= 0.3 is 0 Å². The molecule has 2 aliphatic heterocycles. The van der Waals surface area contributed by atoms with Crippen LogP contribution in [0.5, 0.6) is 5.75 Å². The molecule has 0 bridgehead atoms. The molecule has 0 aliphatic carbocycles. The summed E-state index contributed by atoms with van der Waals surface area (Å²) in [6.45, 7) is 2.01. The van der Waals surface area contributed by atoms with E-state index in [-0.39, 0.29) is 49.0 Å².